The number of hydrogen-bond acceptors (Lipinski definition) is 3. The maximum absolute atomic E-state index is 12.0. The van der Waals surface area contributed by atoms with Gasteiger partial charge >= 0.3 is 0 Å². The minimum absolute atomic E-state index is 0.0314. The summed E-state index contributed by atoms with van der Waals surface area (Å²) in [4.78, 5) is 12.0. The molecule has 0 aromatic carbocycles. The molecule has 0 N–H and O–H groups in total. The fourth-order valence-electron chi connectivity index (χ4n) is 1.71. The summed E-state index contributed by atoms with van der Waals surface area (Å²) in [5.41, 5.74) is 2.32. The zero-order valence-electron chi connectivity index (χ0n) is 10.8. The van der Waals surface area contributed by atoms with Crippen LogP contribution in [0.4, 0.5) is 0 Å². The van der Waals surface area contributed by atoms with Gasteiger partial charge in [0.2, 0.25) is 0 Å². The number of carbonyl (C=O) groups is 1. The molecule has 2 aromatic rings. The van der Waals surface area contributed by atoms with E-state index in [1.165, 1.54) is 0 Å². The Morgan fingerprint density at radius 1 is 1.44 bits per heavy atom. The second-order valence-corrected chi connectivity index (χ2v) is 4.13. The number of rotatable bonds is 4. The van der Waals surface area contributed by atoms with Crippen LogP contribution in [0.1, 0.15) is 28.5 Å². The number of hydrogen-bond donors (Lipinski definition) is 0. The standard InChI is InChI=1S/C13H16N4O/c1-4-17-9-12(10(2)15-17)13(18)6-5-11-7-14-16(3)8-11/h5-9H,4H2,1-3H3/b6-5+. The SMILES string of the molecule is CCn1cc(C(=O)/C=C/c2cnn(C)c2)c(C)n1. The van der Waals surface area contributed by atoms with Crippen molar-refractivity contribution in [1.82, 2.24) is 19.6 Å². The van der Waals surface area contributed by atoms with E-state index >= 15 is 0 Å². The third kappa shape index (κ3) is 2.56. The highest BCUT2D eigenvalue weighted by Crippen LogP contribution is 2.09. The summed E-state index contributed by atoms with van der Waals surface area (Å²) in [6.07, 6.45) is 8.67. The highest BCUT2D eigenvalue weighted by molar-refractivity contribution is 6.07. The molecule has 18 heavy (non-hydrogen) atoms. The Balaban J connectivity index is 2.16. The Kier molecular flexibility index (Phi) is 3.41. The van der Waals surface area contributed by atoms with Gasteiger partial charge in [-0.3, -0.25) is 14.2 Å². The first-order chi connectivity index (χ1) is 8.60. The molecule has 0 aliphatic rings. The van der Waals surface area contributed by atoms with Crippen LogP contribution in [0.25, 0.3) is 6.08 Å². The van der Waals surface area contributed by atoms with Gasteiger partial charge in [0.05, 0.1) is 17.5 Å². The van der Waals surface area contributed by atoms with E-state index in [1.54, 1.807) is 33.9 Å². The summed E-state index contributed by atoms with van der Waals surface area (Å²) < 4.78 is 3.46. The molecule has 0 atom stereocenters. The molecular formula is C13H16N4O. The van der Waals surface area contributed by atoms with Gasteiger partial charge in [-0.05, 0) is 26.0 Å². The third-order valence-electron chi connectivity index (χ3n) is 2.69. The van der Waals surface area contributed by atoms with Gasteiger partial charge in [-0.2, -0.15) is 10.2 Å². The van der Waals surface area contributed by atoms with Crippen LogP contribution in [-0.2, 0) is 13.6 Å². The van der Waals surface area contributed by atoms with Crippen molar-refractivity contribution in [1.29, 1.82) is 0 Å². The van der Waals surface area contributed by atoms with Crippen molar-refractivity contribution in [3.63, 3.8) is 0 Å². The van der Waals surface area contributed by atoms with Crippen molar-refractivity contribution in [2.75, 3.05) is 0 Å². The van der Waals surface area contributed by atoms with Crippen molar-refractivity contribution in [3.05, 3.63) is 41.5 Å². The van der Waals surface area contributed by atoms with Crippen molar-refractivity contribution in [2.24, 2.45) is 7.05 Å². The number of aromatic nitrogens is 4. The smallest absolute Gasteiger partial charge is 0.189 e. The van der Waals surface area contributed by atoms with Crippen molar-refractivity contribution in [2.45, 2.75) is 20.4 Å². The number of allylic oxidation sites excluding steroid dienone is 1. The largest absolute Gasteiger partial charge is 0.289 e. The summed E-state index contributed by atoms with van der Waals surface area (Å²) in [6, 6.07) is 0. The van der Waals surface area contributed by atoms with Crippen LogP contribution in [0.3, 0.4) is 0 Å². The fraction of sp³-hybridized carbons (Fsp3) is 0.308. The molecule has 5 nitrogen and oxygen atoms in total. The Hall–Kier alpha value is -2.17. The van der Waals surface area contributed by atoms with Crippen LogP contribution < -0.4 is 0 Å². The van der Waals surface area contributed by atoms with E-state index in [4.69, 9.17) is 0 Å². The minimum atomic E-state index is -0.0314. The average Bonchev–Trinajstić information content (AvgIpc) is 2.92. The first-order valence-electron chi connectivity index (χ1n) is 5.85. The van der Waals surface area contributed by atoms with Crippen molar-refractivity contribution < 1.29 is 4.79 Å². The molecule has 0 fully saturated rings. The van der Waals surface area contributed by atoms with Crippen LogP contribution in [0, 0.1) is 6.92 Å². The molecule has 0 saturated heterocycles. The second-order valence-electron chi connectivity index (χ2n) is 4.13. The lowest BCUT2D eigenvalue weighted by Crippen LogP contribution is -1.94. The van der Waals surface area contributed by atoms with Gasteiger partial charge in [-0.25, -0.2) is 0 Å². The van der Waals surface area contributed by atoms with Crippen molar-refractivity contribution >= 4 is 11.9 Å². The van der Waals surface area contributed by atoms with Gasteiger partial charge in [0.25, 0.3) is 0 Å². The second kappa shape index (κ2) is 5.00. The van der Waals surface area contributed by atoms with Crippen LogP contribution in [0.15, 0.2) is 24.7 Å². The summed E-state index contributed by atoms with van der Waals surface area (Å²) in [7, 11) is 1.84. The van der Waals surface area contributed by atoms with Crippen LogP contribution in [-0.4, -0.2) is 25.3 Å². The number of aryl methyl sites for hydroxylation is 3. The van der Waals surface area contributed by atoms with E-state index in [1.807, 2.05) is 27.1 Å². The molecule has 0 aliphatic heterocycles. The van der Waals surface area contributed by atoms with E-state index in [0.717, 1.165) is 17.8 Å². The summed E-state index contributed by atoms with van der Waals surface area (Å²) in [5.74, 6) is -0.0314. The first-order valence-corrected chi connectivity index (χ1v) is 5.85. The summed E-state index contributed by atoms with van der Waals surface area (Å²) >= 11 is 0. The van der Waals surface area contributed by atoms with E-state index in [9.17, 15) is 4.79 Å². The zero-order valence-corrected chi connectivity index (χ0v) is 10.8. The Morgan fingerprint density at radius 2 is 2.22 bits per heavy atom. The lowest BCUT2D eigenvalue weighted by atomic mass is 10.1. The summed E-state index contributed by atoms with van der Waals surface area (Å²) in [5, 5.41) is 8.29. The van der Waals surface area contributed by atoms with Crippen LogP contribution in [0.5, 0.6) is 0 Å². The Labute approximate surface area is 106 Å². The molecule has 0 spiro atoms. The highest BCUT2D eigenvalue weighted by Gasteiger charge is 2.10. The Morgan fingerprint density at radius 3 is 2.78 bits per heavy atom. The quantitative estimate of drug-likeness (QED) is 0.609. The Bertz CT molecular complexity index is 592. The molecule has 0 radical (unpaired) electrons. The minimum Gasteiger partial charge on any atom is -0.289 e. The van der Waals surface area contributed by atoms with E-state index < -0.39 is 0 Å². The van der Waals surface area contributed by atoms with E-state index in [-0.39, 0.29) is 5.78 Å². The van der Waals surface area contributed by atoms with E-state index in [0.29, 0.717) is 5.56 Å². The summed E-state index contributed by atoms with van der Waals surface area (Å²) in [6.45, 7) is 4.60. The average molecular weight is 244 g/mol. The molecule has 0 bridgehead atoms. The molecule has 2 heterocycles. The first kappa shape index (κ1) is 12.3. The highest BCUT2D eigenvalue weighted by atomic mass is 16.1. The lowest BCUT2D eigenvalue weighted by molar-refractivity contribution is 0.104. The molecule has 0 aliphatic carbocycles. The number of carbonyl (C=O) groups excluding carboxylic acids is 1. The van der Waals surface area contributed by atoms with Gasteiger partial charge < -0.3 is 0 Å². The van der Waals surface area contributed by atoms with Gasteiger partial charge in [0.1, 0.15) is 0 Å². The van der Waals surface area contributed by atoms with E-state index in [2.05, 4.69) is 10.2 Å². The lowest BCUT2D eigenvalue weighted by Gasteiger charge is -1.90. The predicted octanol–water partition coefficient (Wildman–Crippen LogP) is 1.84. The molecule has 0 unspecified atom stereocenters. The molecule has 5 heteroatoms. The van der Waals surface area contributed by atoms with Gasteiger partial charge in [-0.1, -0.05) is 0 Å². The fourth-order valence-corrected chi connectivity index (χ4v) is 1.71. The number of nitrogens with zero attached hydrogens (tertiary/aromatic N) is 4. The van der Waals surface area contributed by atoms with Crippen LogP contribution in [0.2, 0.25) is 0 Å². The molecule has 2 rings (SSSR count). The van der Waals surface area contributed by atoms with Gasteiger partial charge in [0, 0.05) is 31.5 Å². The monoisotopic (exact) mass is 244 g/mol. The van der Waals surface area contributed by atoms with Crippen molar-refractivity contribution in [3.8, 4) is 0 Å². The van der Waals surface area contributed by atoms with Gasteiger partial charge in [0.15, 0.2) is 5.78 Å². The molecule has 0 amide bonds. The molecule has 2 aromatic heterocycles. The molecule has 0 saturated carbocycles. The molecule has 94 valence electrons. The van der Waals surface area contributed by atoms with Crippen LogP contribution >= 0.6 is 0 Å². The maximum atomic E-state index is 12.0. The number of ketones is 1. The normalized spacial score (nSPS) is 11.3. The topological polar surface area (TPSA) is 52.7 Å². The van der Waals surface area contributed by atoms with Gasteiger partial charge in [-0.15, -0.1) is 0 Å². The molecular weight excluding hydrogens is 228 g/mol. The maximum Gasteiger partial charge on any atom is 0.189 e. The zero-order chi connectivity index (χ0) is 13.1. The third-order valence-corrected chi connectivity index (χ3v) is 2.69. The predicted molar refractivity (Wildman–Crippen MR) is 69.2 cm³/mol.